The molecule has 2 aromatic rings. The van der Waals surface area contributed by atoms with Crippen LogP contribution in [0, 0.1) is 6.92 Å². The van der Waals surface area contributed by atoms with Crippen LogP contribution in [-0.2, 0) is 12.6 Å². The lowest BCUT2D eigenvalue weighted by Crippen LogP contribution is -2.10. The van der Waals surface area contributed by atoms with Crippen molar-refractivity contribution in [2.24, 2.45) is 5.73 Å². The minimum absolute atomic E-state index is 0.402. The van der Waals surface area contributed by atoms with Crippen molar-refractivity contribution in [2.75, 3.05) is 6.54 Å². The summed E-state index contributed by atoms with van der Waals surface area (Å²) in [5.41, 5.74) is 5.32. The average Bonchev–Trinajstić information content (AvgIpc) is 2.70. The lowest BCUT2D eigenvalue weighted by Gasteiger charge is -2.08. The van der Waals surface area contributed by atoms with Gasteiger partial charge < -0.3 is 5.73 Å². The van der Waals surface area contributed by atoms with Gasteiger partial charge in [-0.2, -0.15) is 18.3 Å². The molecule has 4 nitrogen and oxygen atoms in total. The minimum atomic E-state index is -4.34. The van der Waals surface area contributed by atoms with E-state index in [1.165, 1.54) is 16.8 Å². The van der Waals surface area contributed by atoms with Crippen molar-refractivity contribution in [1.29, 1.82) is 0 Å². The van der Waals surface area contributed by atoms with E-state index in [1.54, 1.807) is 6.92 Å². The fourth-order valence-electron chi connectivity index (χ4n) is 1.75. The monoisotopic (exact) mass is 270 g/mol. The Morgan fingerprint density at radius 3 is 2.37 bits per heavy atom. The highest BCUT2D eigenvalue weighted by molar-refractivity contribution is 5.35. The van der Waals surface area contributed by atoms with E-state index >= 15 is 0 Å². The molecule has 0 radical (unpaired) electrons. The molecule has 1 aromatic carbocycles. The van der Waals surface area contributed by atoms with Gasteiger partial charge in [0.15, 0.2) is 0 Å². The Labute approximate surface area is 108 Å². The first kappa shape index (κ1) is 13.5. The first-order valence-corrected chi connectivity index (χ1v) is 5.72. The van der Waals surface area contributed by atoms with Crippen LogP contribution in [0.5, 0.6) is 0 Å². The van der Waals surface area contributed by atoms with Gasteiger partial charge in [-0.05, 0) is 37.7 Å². The molecule has 0 aliphatic carbocycles. The zero-order valence-electron chi connectivity index (χ0n) is 10.3. The van der Waals surface area contributed by atoms with Gasteiger partial charge in [0, 0.05) is 6.42 Å². The van der Waals surface area contributed by atoms with Crippen LogP contribution < -0.4 is 5.73 Å². The normalized spacial score (nSPS) is 11.8. The maximum atomic E-state index is 12.5. The summed E-state index contributed by atoms with van der Waals surface area (Å²) in [7, 11) is 0. The second-order valence-electron chi connectivity index (χ2n) is 4.07. The minimum Gasteiger partial charge on any atom is -0.330 e. The van der Waals surface area contributed by atoms with E-state index < -0.39 is 11.7 Å². The molecule has 0 atom stereocenters. The third-order valence-corrected chi connectivity index (χ3v) is 2.59. The molecule has 1 aromatic heterocycles. The van der Waals surface area contributed by atoms with E-state index in [0.29, 0.717) is 30.3 Å². The van der Waals surface area contributed by atoms with Crippen LogP contribution in [0.3, 0.4) is 0 Å². The quantitative estimate of drug-likeness (QED) is 0.929. The second kappa shape index (κ2) is 5.00. The third-order valence-electron chi connectivity index (χ3n) is 2.59. The van der Waals surface area contributed by atoms with E-state index in [2.05, 4.69) is 10.1 Å². The molecule has 2 rings (SSSR count). The first-order chi connectivity index (χ1) is 8.91. The van der Waals surface area contributed by atoms with Crippen molar-refractivity contribution in [3.05, 3.63) is 41.5 Å². The molecule has 0 fully saturated rings. The SMILES string of the molecule is Cc1nc(CCN)n(-c2ccc(C(F)(F)F)cc2)n1. The summed E-state index contributed by atoms with van der Waals surface area (Å²) in [6.45, 7) is 2.12. The van der Waals surface area contributed by atoms with Crippen LogP contribution in [0.4, 0.5) is 13.2 Å². The molecule has 0 bridgehead atoms. The molecule has 1 heterocycles. The average molecular weight is 270 g/mol. The van der Waals surface area contributed by atoms with Gasteiger partial charge in [-0.15, -0.1) is 0 Å². The molecule has 0 unspecified atom stereocenters. The second-order valence-corrected chi connectivity index (χ2v) is 4.07. The van der Waals surface area contributed by atoms with Gasteiger partial charge in [-0.1, -0.05) is 0 Å². The maximum Gasteiger partial charge on any atom is 0.416 e. The van der Waals surface area contributed by atoms with E-state index in [4.69, 9.17) is 5.73 Å². The summed E-state index contributed by atoms with van der Waals surface area (Å²) in [6.07, 6.45) is -3.82. The van der Waals surface area contributed by atoms with E-state index in [0.717, 1.165) is 12.1 Å². The number of hydrogen-bond donors (Lipinski definition) is 1. The zero-order chi connectivity index (χ0) is 14.0. The van der Waals surface area contributed by atoms with Crippen molar-refractivity contribution in [3.63, 3.8) is 0 Å². The molecule has 0 aliphatic rings. The molecule has 102 valence electrons. The molecule has 2 N–H and O–H groups in total. The van der Waals surface area contributed by atoms with Gasteiger partial charge >= 0.3 is 6.18 Å². The summed E-state index contributed by atoms with van der Waals surface area (Å²) >= 11 is 0. The van der Waals surface area contributed by atoms with Gasteiger partial charge in [0.1, 0.15) is 11.6 Å². The standard InChI is InChI=1S/C12H13F3N4/c1-8-17-11(6-7-16)19(18-8)10-4-2-9(3-5-10)12(13,14)15/h2-5H,6-7,16H2,1H3. The number of aryl methyl sites for hydroxylation is 1. The van der Waals surface area contributed by atoms with Gasteiger partial charge in [0.25, 0.3) is 0 Å². The number of rotatable bonds is 3. The summed E-state index contributed by atoms with van der Waals surface area (Å²) in [5.74, 6) is 1.20. The predicted molar refractivity (Wildman–Crippen MR) is 63.9 cm³/mol. The van der Waals surface area contributed by atoms with Crippen LogP contribution in [0.15, 0.2) is 24.3 Å². The molecule has 19 heavy (non-hydrogen) atoms. The Bertz CT molecular complexity index is 557. The number of nitrogens with two attached hydrogens (primary N) is 1. The maximum absolute atomic E-state index is 12.5. The van der Waals surface area contributed by atoms with Crippen LogP contribution >= 0.6 is 0 Å². The fourth-order valence-corrected chi connectivity index (χ4v) is 1.75. The highest BCUT2D eigenvalue weighted by Gasteiger charge is 2.30. The molecular formula is C12H13F3N4. The van der Waals surface area contributed by atoms with Crippen molar-refractivity contribution < 1.29 is 13.2 Å². The van der Waals surface area contributed by atoms with E-state index in [-0.39, 0.29) is 0 Å². The van der Waals surface area contributed by atoms with Gasteiger partial charge in [0.2, 0.25) is 0 Å². The van der Waals surface area contributed by atoms with Crippen molar-refractivity contribution in [3.8, 4) is 5.69 Å². The number of aromatic nitrogens is 3. The van der Waals surface area contributed by atoms with E-state index in [9.17, 15) is 13.2 Å². The largest absolute Gasteiger partial charge is 0.416 e. The van der Waals surface area contributed by atoms with Gasteiger partial charge in [-0.25, -0.2) is 9.67 Å². The topological polar surface area (TPSA) is 56.7 Å². The Kier molecular flexibility index (Phi) is 3.57. The van der Waals surface area contributed by atoms with Crippen LogP contribution in [-0.4, -0.2) is 21.3 Å². The molecule has 7 heteroatoms. The predicted octanol–water partition coefficient (Wildman–Crippen LogP) is 2.10. The summed E-state index contributed by atoms with van der Waals surface area (Å²) < 4.78 is 38.9. The summed E-state index contributed by atoms with van der Waals surface area (Å²) in [6, 6.07) is 4.80. The lowest BCUT2D eigenvalue weighted by atomic mass is 10.2. The molecule has 0 saturated heterocycles. The number of halogens is 3. The highest BCUT2D eigenvalue weighted by Crippen LogP contribution is 2.29. The third kappa shape index (κ3) is 2.93. The molecular weight excluding hydrogens is 257 g/mol. The number of alkyl halides is 3. The highest BCUT2D eigenvalue weighted by atomic mass is 19.4. The smallest absolute Gasteiger partial charge is 0.330 e. The first-order valence-electron chi connectivity index (χ1n) is 5.72. The Balaban J connectivity index is 2.37. The van der Waals surface area contributed by atoms with Crippen molar-refractivity contribution >= 4 is 0 Å². The number of nitrogens with zero attached hydrogens (tertiary/aromatic N) is 3. The number of hydrogen-bond acceptors (Lipinski definition) is 3. The van der Waals surface area contributed by atoms with Crippen LogP contribution in [0.25, 0.3) is 5.69 Å². The Morgan fingerprint density at radius 2 is 1.84 bits per heavy atom. The molecule has 0 amide bonds. The van der Waals surface area contributed by atoms with Gasteiger partial charge in [-0.3, -0.25) is 0 Å². The Hall–Kier alpha value is -1.89. The lowest BCUT2D eigenvalue weighted by molar-refractivity contribution is -0.137. The van der Waals surface area contributed by atoms with Crippen LogP contribution in [0.1, 0.15) is 17.2 Å². The summed E-state index contributed by atoms with van der Waals surface area (Å²) in [4.78, 5) is 4.20. The summed E-state index contributed by atoms with van der Waals surface area (Å²) in [5, 5.41) is 4.16. The Morgan fingerprint density at radius 1 is 1.21 bits per heavy atom. The van der Waals surface area contributed by atoms with Crippen molar-refractivity contribution in [2.45, 2.75) is 19.5 Å². The molecule has 0 spiro atoms. The fraction of sp³-hybridized carbons (Fsp3) is 0.333. The van der Waals surface area contributed by atoms with Crippen LogP contribution in [0.2, 0.25) is 0 Å². The van der Waals surface area contributed by atoms with E-state index in [1.807, 2.05) is 0 Å². The molecule has 0 aliphatic heterocycles. The van der Waals surface area contributed by atoms with Gasteiger partial charge in [0.05, 0.1) is 11.3 Å². The zero-order valence-corrected chi connectivity index (χ0v) is 10.3. The molecule has 0 saturated carbocycles. The van der Waals surface area contributed by atoms with Crippen molar-refractivity contribution in [1.82, 2.24) is 14.8 Å². The number of benzene rings is 1.